The summed E-state index contributed by atoms with van der Waals surface area (Å²) in [6.07, 6.45) is 1.33. The first-order valence-electron chi connectivity index (χ1n) is 11.0. The summed E-state index contributed by atoms with van der Waals surface area (Å²) in [4.78, 5) is 10.8. The molecule has 0 aliphatic heterocycles. The van der Waals surface area contributed by atoms with Gasteiger partial charge in [-0.2, -0.15) is 0 Å². The molecule has 3 heterocycles. The number of fused-ring (bicyclic) bond motifs is 1. The molecule has 186 valence electrons. The highest BCUT2D eigenvalue weighted by molar-refractivity contribution is 8.03. The van der Waals surface area contributed by atoms with Crippen LogP contribution in [0.2, 0.25) is 0 Å². The molecule has 0 amide bonds. The number of benzene rings is 1. The smallest absolute Gasteiger partial charge is 0.272 e. The summed E-state index contributed by atoms with van der Waals surface area (Å²) in [5, 5.41) is 2.51. The van der Waals surface area contributed by atoms with Crippen LogP contribution in [0.3, 0.4) is 0 Å². The lowest BCUT2D eigenvalue weighted by Crippen LogP contribution is -2.27. The second-order valence-electron chi connectivity index (χ2n) is 7.33. The van der Waals surface area contributed by atoms with Crippen LogP contribution < -0.4 is 14.2 Å². The molecule has 8 nitrogen and oxygen atoms in total. The van der Waals surface area contributed by atoms with Gasteiger partial charge in [-0.25, -0.2) is 18.4 Å². The second-order valence-corrected chi connectivity index (χ2v) is 12.9. The average molecular weight is 551 g/mol. The highest BCUT2D eigenvalue weighted by atomic mass is 32.3. The van der Waals surface area contributed by atoms with E-state index >= 15 is 0 Å². The van der Waals surface area contributed by atoms with Crippen molar-refractivity contribution in [3.63, 3.8) is 0 Å². The summed E-state index contributed by atoms with van der Waals surface area (Å²) in [7, 11) is -2.29. The Morgan fingerprint density at radius 1 is 1.09 bits per heavy atom. The molecule has 1 aromatic carbocycles. The van der Waals surface area contributed by atoms with Gasteiger partial charge in [0.2, 0.25) is 0 Å². The van der Waals surface area contributed by atoms with Crippen LogP contribution in [0.4, 0.5) is 5.82 Å². The van der Waals surface area contributed by atoms with Gasteiger partial charge >= 0.3 is 0 Å². The minimum atomic E-state index is -3.83. The van der Waals surface area contributed by atoms with E-state index < -0.39 is 10.0 Å². The number of hydrogen-bond donors (Lipinski definition) is 1. The van der Waals surface area contributed by atoms with Gasteiger partial charge in [0, 0.05) is 18.0 Å². The lowest BCUT2D eigenvalue weighted by molar-refractivity contribution is 0.217. The van der Waals surface area contributed by atoms with Crippen molar-refractivity contribution in [1.82, 2.24) is 14.9 Å². The van der Waals surface area contributed by atoms with E-state index in [1.54, 1.807) is 48.4 Å². The fraction of sp³-hybridized carbons (Fsp3) is 0.304. The zero-order valence-electron chi connectivity index (χ0n) is 19.6. The van der Waals surface area contributed by atoms with E-state index in [-0.39, 0.29) is 10.0 Å². The molecule has 0 fully saturated rings. The predicted molar refractivity (Wildman–Crippen MR) is 143 cm³/mol. The third kappa shape index (κ3) is 6.25. The van der Waals surface area contributed by atoms with E-state index in [1.165, 1.54) is 17.7 Å². The van der Waals surface area contributed by atoms with Crippen molar-refractivity contribution >= 4 is 61.2 Å². The Balaban J connectivity index is 1.55. The Kier molecular flexibility index (Phi) is 8.50. The number of hydrogen-bond acceptors (Lipinski definition) is 10. The number of thiophene rings is 2. The van der Waals surface area contributed by atoms with E-state index in [1.807, 2.05) is 23.6 Å². The van der Waals surface area contributed by atoms with Gasteiger partial charge in [0.05, 0.1) is 21.0 Å². The summed E-state index contributed by atoms with van der Waals surface area (Å²) < 4.78 is 42.5. The molecule has 0 saturated heterocycles. The van der Waals surface area contributed by atoms with Crippen LogP contribution in [0, 0.1) is 0 Å². The normalized spacial score (nSPS) is 11.8. The molecular weight excluding hydrogens is 525 g/mol. The minimum absolute atomic E-state index is 0.184. The molecule has 1 N–H and O–H groups in total. The van der Waals surface area contributed by atoms with Crippen molar-refractivity contribution in [2.24, 2.45) is 0 Å². The van der Waals surface area contributed by atoms with Crippen LogP contribution in [-0.4, -0.2) is 56.6 Å². The molecule has 0 saturated carbocycles. The van der Waals surface area contributed by atoms with E-state index in [4.69, 9.17) is 9.47 Å². The Morgan fingerprint density at radius 2 is 1.91 bits per heavy atom. The molecule has 0 radical (unpaired) electrons. The highest BCUT2D eigenvalue weighted by Crippen LogP contribution is 2.38. The van der Waals surface area contributed by atoms with Gasteiger partial charge in [0.25, 0.3) is 10.0 Å². The Hall–Kier alpha value is -2.38. The first-order valence-corrected chi connectivity index (χ1v) is 14.9. The van der Waals surface area contributed by atoms with Crippen LogP contribution in [0.1, 0.15) is 13.8 Å². The SMILES string of the molecule is CCN(CC)CCOc1cc2ncnc(NS(=O)(=O)c3ccc(Sc4cccs4)s3)c2cc1OC. The maximum atomic E-state index is 13.1. The van der Waals surface area contributed by atoms with Crippen molar-refractivity contribution in [3.05, 3.63) is 48.1 Å². The van der Waals surface area contributed by atoms with Crippen molar-refractivity contribution in [3.8, 4) is 11.5 Å². The lowest BCUT2D eigenvalue weighted by Gasteiger charge is -2.19. The molecule has 0 aliphatic rings. The standard InChI is InChI=1S/C23H26N4O4S4/c1-4-27(5-2)10-11-31-19-14-17-16(13-18(19)30-3)23(25-15-24-17)26-35(28,29)22-9-8-21(34-22)33-20-7-6-12-32-20/h6-9,12-15H,4-5,10-11H2,1-3H3,(H,24,25,26). The maximum Gasteiger partial charge on any atom is 0.272 e. The Bertz CT molecular complexity index is 1370. The fourth-order valence-electron chi connectivity index (χ4n) is 3.34. The number of sulfonamides is 1. The molecule has 0 atom stereocenters. The van der Waals surface area contributed by atoms with E-state index in [2.05, 4.69) is 33.4 Å². The third-order valence-corrected chi connectivity index (χ3v) is 10.3. The predicted octanol–water partition coefficient (Wildman–Crippen LogP) is 5.43. The number of ether oxygens (including phenoxy) is 2. The van der Waals surface area contributed by atoms with Crippen molar-refractivity contribution in [2.45, 2.75) is 26.5 Å². The van der Waals surface area contributed by atoms with E-state index in [0.29, 0.717) is 29.0 Å². The van der Waals surface area contributed by atoms with Crippen LogP contribution in [-0.2, 0) is 10.0 Å². The van der Waals surface area contributed by atoms with Crippen molar-refractivity contribution < 1.29 is 17.9 Å². The number of methoxy groups -OCH3 is 1. The van der Waals surface area contributed by atoms with Gasteiger partial charge < -0.3 is 14.4 Å². The summed E-state index contributed by atoms with van der Waals surface area (Å²) >= 11 is 4.37. The monoisotopic (exact) mass is 550 g/mol. The van der Waals surface area contributed by atoms with Crippen molar-refractivity contribution in [1.29, 1.82) is 0 Å². The zero-order valence-corrected chi connectivity index (χ0v) is 22.8. The topological polar surface area (TPSA) is 93.6 Å². The maximum absolute atomic E-state index is 13.1. The van der Waals surface area contributed by atoms with Crippen LogP contribution in [0.5, 0.6) is 11.5 Å². The third-order valence-electron chi connectivity index (χ3n) is 5.23. The first-order chi connectivity index (χ1) is 16.9. The molecular formula is C23H26N4O4S4. The van der Waals surface area contributed by atoms with E-state index in [9.17, 15) is 8.42 Å². The lowest BCUT2D eigenvalue weighted by atomic mass is 10.2. The number of nitrogens with zero attached hydrogens (tertiary/aromatic N) is 3. The summed E-state index contributed by atoms with van der Waals surface area (Å²) in [5.41, 5.74) is 0.552. The first kappa shape index (κ1) is 25.7. The number of likely N-dealkylation sites (N-methyl/N-ethyl adjacent to an activating group) is 1. The van der Waals surface area contributed by atoms with Crippen molar-refractivity contribution in [2.75, 3.05) is 38.1 Å². The molecule has 0 aliphatic carbocycles. The second kappa shape index (κ2) is 11.6. The quantitative estimate of drug-likeness (QED) is 0.249. The van der Waals surface area contributed by atoms with E-state index in [0.717, 1.165) is 28.1 Å². The summed E-state index contributed by atoms with van der Waals surface area (Å²) in [6, 6.07) is 10.8. The van der Waals surface area contributed by atoms with Gasteiger partial charge in [-0.05, 0) is 42.7 Å². The van der Waals surface area contributed by atoms with Gasteiger partial charge in [-0.15, -0.1) is 22.7 Å². The van der Waals surface area contributed by atoms with Gasteiger partial charge in [-0.3, -0.25) is 4.72 Å². The molecule has 12 heteroatoms. The largest absolute Gasteiger partial charge is 0.493 e. The van der Waals surface area contributed by atoms with Crippen LogP contribution in [0.25, 0.3) is 10.9 Å². The number of anilines is 1. The van der Waals surface area contributed by atoms with Gasteiger partial charge in [0.1, 0.15) is 17.1 Å². The minimum Gasteiger partial charge on any atom is -0.493 e. The molecule has 0 bridgehead atoms. The zero-order chi connectivity index (χ0) is 24.8. The highest BCUT2D eigenvalue weighted by Gasteiger charge is 2.21. The summed E-state index contributed by atoms with van der Waals surface area (Å²) in [5.74, 6) is 1.22. The molecule has 0 spiro atoms. The van der Waals surface area contributed by atoms with Gasteiger partial charge in [0.15, 0.2) is 17.3 Å². The number of nitrogens with one attached hydrogen (secondary N) is 1. The molecule has 4 aromatic rings. The fourth-order valence-corrected chi connectivity index (χ4v) is 7.99. The Labute approximate surface area is 217 Å². The number of aromatic nitrogens is 2. The molecule has 3 aromatic heterocycles. The van der Waals surface area contributed by atoms with Crippen LogP contribution in [0.15, 0.2) is 60.7 Å². The average Bonchev–Trinajstić information content (AvgIpc) is 3.54. The Morgan fingerprint density at radius 3 is 2.63 bits per heavy atom. The summed E-state index contributed by atoms with van der Waals surface area (Å²) in [6.45, 7) is 7.40. The van der Waals surface area contributed by atoms with Gasteiger partial charge in [-0.1, -0.05) is 31.7 Å². The number of rotatable bonds is 12. The van der Waals surface area contributed by atoms with Crippen LogP contribution >= 0.6 is 34.4 Å². The molecule has 0 unspecified atom stereocenters. The molecule has 4 rings (SSSR count). The molecule has 35 heavy (non-hydrogen) atoms.